The number of benzene rings is 1. The summed E-state index contributed by atoms with van der Waals surface area (Å²) in [5.41, 5.74) is 7.19. The molecule has 1 aromatic heterocycles. The first kappa shape index (κ1) is 13.9. The van der Waals surface area contributed by atoms with E-state index >= 15 is 0 Å². The molecule has 0 fully saturated rings. The van der Waals surface area contributed by atoms with Gasteiger partial charge in [0.2, 0.25) is 5.88 Å². The lowest BCUT2D eigenvalue weighted by atomic mass is 9.78. The number of nitrogens with two attached hydrogens (primary N) is 1. The highest BCUT2D eigenvalue weighted by atomic mass is 16.5. The standard InChI is InChI=1S/C16H17N3O4/c1-18-14(20)13-12-8(7-23-15(13)19(2)16(18)21)6-22-11-4-3-9(17)5-10(11)12/h3-5,8,12H,6-7,17H2,1-2H3/t8-,12+/m0/s1. The van der Waals surface area contributed by atoms with E-state index in [0.29, 0.717) is 30.3 Å². The fraction of sp³-hybridized carbons (Fsp3) is 0.375. The summed E-state index contributed by atoms with van der Waals surface area (Å²) in [7, 11) is 3.09. The summed E-state index contributed by atoms with van der Waals surface area (Å²) >= 11 is 0. The van der Waals surface area contributed by atoms with Gasteiger partial charge >= 0.3 is 5.69 Å². The van der Waals surface area contributed by atoms with Gasteiger partial charge in [-0.05, 0) is 18.2 Å². The van der Waals surface area contributed by atoms with Crippen LogP contribution >= 0.6 is 0 Å². The van der Waals surface area contributed by atoms with Crippen molar-refractivity contribution in [3.8, 4) is 11.6 Å². The van der Waals surface area contributed by atoms with Crippen LogP contribution in [-0.2, 0) is 14.1 Å². The lowest BCUT2D eigenvalue weighted by Gasteiger charge is -2.38. The minimum Gasteiger partial charge on any atom is -0.493 e. The number of hydrogen-bond acceptors (Lipinski definition) is 5. The van der Waals surface area contributed by atoms with E-state index in [4.69, 9.17) is 15.2 Å². The molecule has 0 unspecified atom stereocenters. The first-order valence-electron chi connectivity index (χ1n) is 7.44. The molecule has 0 saturated carbocycles. The molecule has 120 valence electrons. The molecule has 2 aliphatic rings. The molecule has 1 aromatic carbocycles. The van der Waals surface area contributed by atoms with Gasteiger partial charge in [-0.3, -0.25) is 13.9 Å². The number of anilines is 1. The smallest absolute Gasteiger partial charge is 0.333 e. The van der Waals surface area contributed by atoms with Crippen LogP contribution in [-0.4, -0.2) is 22.3 Å². The molecule has 23 heavy (non-hydrogen) atoms. The molecule has 2 aliphatic heterocycles. The van der Waals surface area contributed by atoms with Crippen LogP contribution in [0.25, 0.3) is 0 Å². The third kappa shape index (κ3) is 1.82. The number of nitrogens with zero attached hydrogens (tertiary/aromatic N) is 2. The van der Waals surface area contributed by atoms with Gasteiger partial charge in [-0.2, -0.15) is 0 Å². The second-order valence-corrected chi connectivity index (χ2v) is 6.08. The molecule has 2 N–H and O–H groups in total. The van der Waals surface area contributed by atoms with Crippen molar-refractivity contribution in [3.63, 3.8) is 0 Å². The Morgan fingerprint density at radius 3 is 2.65 bits per heavy atom. The fourth-order valence-electron chi connectivity index (χ4n) is 3.50. The highest BCUT2D eigenvalue weighted by Crippen LogP contribution is 2.45. The molecule has 0 saturated heterocycles. The zero-order valence-electron chi connectivity index (χ0n) is 12.9. The van der Waals surface area contributed by atoms with Crippen molar-refractivity contribution in [1.82, 2.24) is 9.13 Å². The monoisotopic (exact) mass is 315 g/mol. The molecule has 2 atom stereocenters. The number of hydrogen-bond donors (Lipinski definition) is 1. The summed E-state index contributed by atoms with van der Waals surface area (Å²) in [5, 5.41) is 0. The van der Waals surface area contributed by atoms with Crippen molar-refractivity contribution < 1.29 is 9.47 Å². The predicted molar refractivity (Wildman–Crippen MR) is 84.1 cm³/mol. The molecule has 0 radical (unpaired) electrons. The molecule has 7 heteroatoms. The van der Waals surface area contributed by atoms with E-state index in [0.717, 1.165) is 15.9 Å². The van der Waals surface area contributed by atoms with Crippen LogP contribution in [0, 0.1) is 5.92 Å². The van der Waals surface area contributed by atoms with Crippen LogP contribution in [0.2, 0.25) is 0 Å². The third-order valence-electron chi connectivity index (χ3n) is 4.68. The first-order chi connectivity index (χ1) is 11.0. The molecule has 7 nitrogen and oxygen atoms in total. The van der Waals surface area contributed by atoms with Crippen LogP contribution in [0.4, 0.5) is 5.69 Å². The zero-order valence-corrected chi connectivity index (χ0v) is 12.9. The van der Waals surface area contributed by atoms with Gasteiger partial charge in [0.25, 0.3) is 5.56 Å². The molecule has 3 heterocycles. The van der Waals surface area contributed by atoms with Crippen LogP contribution in [0.1, 0.15) is 17.0 Å². The Hall–Kier alpha value is -2.70. The van der Waals surface area contributed by atoms with Gasteiger partial charge in [0, 0.05) is 37.2 Å². The maximum Gasteiger partial charge on any atom is 0.333 e. The summed E-state index contributed by atoms with van der Waals surface area (Å²) in [5.74, 6) is 0.900. The Balaban J connectivity index is 2.05. The molecule has 2 aromatic rings. The average Bonchev–Trinajstić information content (AvgIpc) is 2.56. The van der Waals surface area contributed by atoms with E-state index in [2.05, 4.69) is 0 Å². The summed E-state index contributed by atoms with van der Waals surface area (Å²) in [6, 6.07) is 5.44. The summed E-state index contributed by atoms with van der Waals surface area (Å²) < 4.78 is 14.0. The van der Waals surface area contributed by atoms with Crippen LogP contribution in [0.15, 0.2) is 27.8 Å². The minimum absolute atomic E-state index is 0.0157. The second-order valence-electron chi connectivity index (χ2n) is 6.08. The first-order valence-corrected chi connectivity index (χ1v) is 7.44. The lowest BCUT2D eigenvalue weighted by Crippen LogP contribution is -2.46. The molecular formula is C16H17N3O4. The van der Waals surface area contributed by atoms with Crippen molar-refractivity contribution in [3.05, 3.63) is 50.2 Å². The highest BCUT2D eigenvalue weighted by molar-refractivity contribution is 5.54. The van der Waals surface area contributed by atoms with Crippen LogP contribution in [0.5, 0.6) is 11.6 Å². The third-order valence-corrected chi connectivity index (χ3v) is 4.68. The Bertz CT molecular complexity index is 928. The Labute approximate surface area is 131 Å². The van der Waals surface area contributed by atoms with E-state index in [9.17, 15) is 9.59 Å². The fourth-order valence-corrected chi connectivity index (χ4v) is 3.50. The molecule has 0 amide bonds. The summed E-state index contributed by atoms with van der Waals surface area (Å²) in [4.78, 5) is 24.9. The van der Waals surface area contributed by atoms with Gasteiger partial charge in [0.1, 0.15) is 5.75 Å². The topological polar surface area (TPSA) is 88.5 Å². The minimum atomic E-state index is -0.396. The maximum absolute atomic E-state index is 12.7. The number of fused-ring (bicyclic) bond motifs is 5. The number of aromatic nitrogens is 2. The van der Waals surface area contributed by atoms with Crippen molar-refractivity contribution in [1.29, 1.82) is 0 Å². The van der Waals surface area contributed by atoms with Crippen LogP contribution < -0.4 is 26.5 Å². The van der Waals surface area contributed by atoms with Crippen molar-refractivity contribution in [2.45, 2.75) is 5.92 Å². The molecule has 0 bridgehead atoms. The predicted octanol–water partition coefficient (Wildman–Crippen LogP) is 0.199. The van der Waals surface area contributed by atoms with Crippen molar-refractivity contribution in [2.75, 3.05) is 18.9 Å². The molecule has 0 spiro atoms. The maximum atomic E-state index is 12.7. The van der Waals surface area contributed by atoms with E-state index in [1.807, 2.05) is 12.1 Å². The van der Waals surface area contributed by atoms with Crippen molar-refractivity contribution >= 4 is 5.69 Å². The SMILES string of the molecule is Cn1c2c(c(=O)n(C)c1=O)[C@H]1c3cc(N)ccc3OC[C@H]1CO2. The number of rotatable bonds is 0. The zero-order chi connectivity index (χ0) is 16.3. The summed E-state index contributed by atoms with van der Waals surface area (Å²) in [6.45, 7) is 0.860. The van der Waals surface area contributed by atoms with E-state index in [1.54, 1.807) is 13.1 Å². The summed E-state index contributed by atoms with van der Waals surface area (Å²) in [6.07, 6.45) is 0. The second kappa shape index (κ2) is 4.65. The normalized spacial score (nSPS) is 21.5. The highest BCUT2D eigenvalue weighted by Gasteiger charge is 2.41. The Kier molecular flexibility index (Phi) is 2.81. The van der Waals surface area contributed by atoms with Gasteiger partial charge < -0.3 is 15.2 Å². The average molecular weight is 315 g/mol. The van der Waals surface area contributed by atoms with Crippen LogP contribution in [0.3, 0.4) is 0 Å². The Morgan fingerprint density at radius 1 is 1.13 bits per heavy atom. The molecule has 0 aliphatic carbocycles. The number of ether oxygens (including phenoxy) is 2. The van der Waals surface area contributed by atoms with E-state index in [-0.39, 0.29) is 17.4 Å². The van der Waals surface area contributed by atoms with Gasteiger partial charge in [0.05, 0.1) is 18.8 Å². The van der Waals surface area contributed by atoms with Gasteiger partial charge in [-0.1, -0.05) is 0 Å². The van der Waals surface area contributed by atoms with E-state index < -0.39 is 5.69 Å². The lowest BCUT2D eigenvalue weighted by molar-refractivity contribution is 0.116. The van der Waals surface area contributed by atoms with Crippen molar-refractivity contribution in [2.24, 2.45) is 20.0 Å². The molecular weight excluding hydrogens is 298 g/mol. The van der Waals surface area contributed by atoms with Gasteiger partial charge in [0.15, 0.2) is 0 Å². The largest absolute Gasteiger partial charge is 0.493 e. The number of nitrogen functional groups attached to an aromatic ring is 1. The Morgan fingerprint density at radius 2 is 1.87 bits per heavy atom. The van der Waals surface area contributed by atoms with E-state index in [1.165, 1.54) is 11.6 Å². The molecule has 4 rings (SSSR count). The van der Waals surface area contributed by atoms with Gasteiger partial charge in [-0.25, -0.2) is 4.79 Å². The van der Waals surface area contributed by atoms with Gasteiger partial charge in [-0.15, -0.1) is 0 Å². The quantitative estimate of drug-likeness (QED) is 0.702.